The van der Waals surface area contributed by atoms with E-state index in [4.69, 9.17) is 5.73 Å². The first-order valence-electron chi connectivity index (χ1n) is 6.05. The average Bonchev–Trinajstić information content (AvgIpc) is 2.39. The van der Waals surface area contributed by atoms with E-state index in [0.717, 1.165) is 25.8 Å². The van der Waals surface area contributed by atoms with Gasteiger partial charge in [-0.3, -0.25) is 4.79 Å². The van der Waals surface area contributed by atoms with Crippen molar-refractivity contribution in [3.63, 3.8) is 0 Å². The van der Waals surface area contributed by atoms with Crippen molar-refractivity contribution >= 4 is 43.5 Å². The van der Waals surface area contributed by atoms with Gasteiger partial charge in [-0.1, -0.05) is 50.1 Å². The van der Waals surface area contributed by atoms with Gasteiger partial charge < -0.3 is 11.1 Å². The smallest absolute Gasteiger partial charge is 0.244 e. The van der Waals surface area contributed by atoms with Crippen LogP contribution in [0.25, 0.3) is 0 Å². The van der Waals surface area contributed by atoms with Crippen LogP contribution in [-0.2, 0) is 4.79 Å². The normalized spacial score (nSPS) is 11.9. The van der Waals surface area contributed by atoms with Gasteiger partial charge in [-0.2, -0.15) is 0 Å². The quantitative estimate of drug-likeness (QED) is 0.813. The largest absolute Gasteiger partial charge is 0.370 e. The van der Waals surface area contributed by atoms with E-state index in [9.17, 15) is 4.79 Å². The highest BCUT2D eigenvalue weighted by Crippen LogP contribution is 2.25. The highest BCUT2D eigenvalue weighted by Gasteiger charge is 2.18. The molecule has 0 aliphatic carbocycles. The Morgan fingerprint density at radius 2 is 1.95 bits per heavy atom. The molecule has 0 heterocycles. The molecule has 0 aromatic heterocycles. The minimum absolute atomic E-state index is 0.416. The molecule has 0 fully saturated rings. The van der Waals surface area contributed by atoms with Gasteiger partial charge in [0.25, 0.3) is 0 Å². The van der Waals surface area contributed by atoms with E-state index in [-0.39, 0.29) is 0 Å². The van der Waals surface area contributed by atoms with Gasteiger partial charge in [0.15, 0.2) is 0 Å². The third-order valence-corrected chi connectivity index (χ3v) is 4.30. The van der Waals surface area contributed by atoms with Crippen LogP contribution in [0.5, 0.6) is 0 Å². The Hall–Kier alpha value is -1.33. The molecule has 2 aromatic rings. The third-order valence-electron chi connectivity index (χ3n) is 2.95. The summed E-state index contributed by atoms with van der Waals surface area (Å²) in [7, 11) is 0. The number of carbonyl (C=O) groups excluding carboxylic acids is 1. The monoisotopic (exact) mass is 396 g/mol. The van der Waals surface area contributed by atoms with Crippen molar-refractivity contribution in [1.29, 1.82) is 0 Å². The zero-order chi connectivity index (χ0) is 14.7. The molecular weight excluding hydrogens is 384 g/mol. The van der Waals surface area contributed by atoms with E-state index in [1.807, 2.05) is 49.4 Å². The predicted octanol–water partition coefficient (Wildman–Crippen LogP) is 4.16. The number of carbonyl (C=O) groups is 1. The van der Waals surface area contributed by atoms with Gasteiger partial charge in [-0.05, 0) is 42.3 Å². The fourth-order valence-electron chi connectivity index (χ4n) is 1.85. The van der Waals surface area contributed by atoms with Crippen molar-refractivity contribution < 1.29 is 4.79 Å². The average molecular weight is 398 g/mol. The molecule has 3 N–H and O–H groups in total. The molecule has 5 heteroatoms. The van der Waals surface area contributed by atoms with E-state index >= 15 is 0 Å². The maximum absolute atomic E-state index is 11.7. The molecule has 0 spiro atoms. The Balaban J connectivity index is 2.32. The molecule has 104 valence electrons. The zero-order valence-corrected chi connectivity index (χ0v) is 14.0. The summed E-state index contributed by atoms with van der Waals surface area (Å²) in [6.07, 6.45) is 0. The molecule has 0 radical (unpaired) electrons. The molecular formula is C15H14Br2N2O. The zero-order valence-electron chi connectivity index (χ0n) is 10.9. The number of halogens is 2. The van der Waals surface area contributed by atoms with Gasteiger partial charge >= 0.3 is 0 Å². The van der Waals surface area contributed by atoms with Crippen LogP contribution in [0, 0.1) is 6.92 Å². The Bertz CT molecular complexity index is 644. The molecule has 0 aliphatic heterocycles. The topological polar surface area (TPSA) is 55.1 Å². The van der Waals surface area contributed by atoms with E-state index in [2.05, 4.69) is 37.2 Å². The molecule has 1 unspecified atom stereocenters. The van der Waals surface area contributed by atoms with Crippen molar-refractivity contribution in [1.82, 2.24) is 0 Å². The molecule has 0 bridgehead atoms. The number of rotatable bonds is 4. The Kier molecular flexibility index (Phi) is 4.83. The Morgan fingerprint density at radius 3 is 2.55 bits per heavy atom. The number of primary amides is 1. The minimum Gasteiger partial charge on any atom is -0.370 e. The van der Waals surface area contributed by atoms with E-state index in [0.29, 0.717) is 0 Å². The summed E-state index contributed by atoms with van der Waals surface area (Å²) in [6, 6.07) is 12.8. The number of anilines is 1. The summed E-state index contributed by atoms with van der Waals surface area (Å²) >= 11 is 6.88. The summed E-state index contributed by atoms with van der Waals surface area (Å²) in [5.41, 5.74) is 8.29. The number of benzene rings is 2. The molecule has 3 nitrogen and oxygen atoms in total. The minimum atomic E-state index is -0.568. The van der Waals surface area contributed by atoms with Crippen LogP contribution in [0.3, 0.4) is 0 Å². The van der Waals surface area contributed by atoms with Crippen molar-refractivity contribution in [2.24, 2.45) is 5.73 Å². The number of nitrogens with one attached hydrogen (secondary N) is 1. The van der Waals surface area contributed by atoms with Crippen LogP contribution in [0.2, 0.25) is 0 Å². The molecule has 20 heavy (non-hydrogen) atoms. The van der Waals surface area contributed by atoms with Crippen LogP contribution in [0.4, 0.5) is 5.69 Å². The second-order valence-corrected chi connectivity index (χ2v) is 6.27. The summed E-state index contributed by atoms with van der Waals surface area (Å²) in [6.45, 7) is 1.99. The van der Waals surface area contributed by atoms with Gasteiger partial charge in [-0.15, -0.1) is 0 Å². The second-order valence-electron chi connectivity index (χ2n) is 4.50. The number of aryl methyl sites for hydroxylation is 1. The fraction of sp³-hybridized carbons (Fsp3) is 0.133. The lowest BCUT2D eigenvalue weighted by molar-refractivity contribution is -0.118. The number of nitrogens with two attached hydrogens (primary N) is 1. The SMILES string of the molecule is Cc1ccc(C(Nc2cccc(Br)c2)C(N)=O)cc1Br. The summed E-state index contributed by atoms with van der Waals surface area (Å²) in [5, 5.41) is 3.16. The van der Waals surface area contributed by atoms with Gasteiger partial charge in [-0.25, -0.2) is 0 Å². The van der Waals surface area contributed by atoms with Crippen LogP contribution in [0.15, 0.2) is 51.4 Å². The fourth-order valence-corrected chi connectivity index (χ4v) is 2.65. The predicted molar refractivity (Wildman–Crippen MR) is 88.6 cm³/mol. The van der Waals surface area contributed by atoms with E-state index in [1.54, 1.807) is 0 Å². The van der Waals surface area contributed by atoms with Crippen LogP contribution >= 0.6 is 31.9 Å². The summed E-state index contributed by atoms with van der Waals surface area (Å²) < 4.78 is 1.90. The number of amides is 1. The second kappa shape index (κ2) is 6.41. The van der Waals surface area contributed by atoms with Crippen molar-refractivity contribution in [2.75, 3.05) is 5.32 Å². The van der Waals surface area contributed by atoms with E-state index < -0.39 is 11.9 Å². The molecule has 1 atom stereocenters. The summed E-state index contributed by atoms with van der Waals surface area (Å²) in [4.78, 5) is 11.7. The first kappa shape index (κ1) is 15.1. The van der Waals surface area contributed by atoms with Gasteiger partial charge in [0.05, 0.1) is 0 Å². The molecule has 0 aliphatic rings. The van der Waals surface area contributed by atoms with Gasteiger partial charge in [0.1, 0.15) is 6.04 Å². The lowest BCUT2D eigenvalue weighted by Gasteiger charge is -2.18. The summed E-state index contributed by atoms with van der Waals surface area (Å²) in [5.74, 6) is -0.416. The standard InChI is InChI=1S/C15H14Br2N2O/c1-9-5-6-10(7-13(9)17)14(15(18)20)19-12-4-2-3-11(16)8-12/h2-8,14,19H,1H3,(H2,18,20). The number of hydrogen-bond donors (Lipinski definition) is 2. The van der Waals surface area contributed by atoms with Crippen molar-refractivity contribution in [2.45, 2.75) is 13.0 Å². The molecule has 2 aromatic carbocycles. The Labute approximate surface area is 134 Å². The molecule has 0 saturated heterocycles. The highest BCUT2D eigenvalue weighted by atomic mass is 79.9. The first-order valence-corrected chi connectivity index (χ1v) is 7.63. The van der Waals surface area contributed by atoms with Crippen LogP contribution < -0.4 is 11.1 Å². The maximum atomic E-state index is 11.7. The molecule has 1 amide bonds. The van der Waals surface area contributed by atoms with Crippen molar-refractivity contribution in [3.8, 4) is 0 Å². The Morgan fingerprint density at radius 1 is 1.20 bits per heavy atom. The van der Waals surface area contributed by atoms with Crippen LogP contribution in [-0.4, -0.2) is 5.91 Å². The van der Waals surface area contributed by atoms with Gasteiger partial charge in [0.2, 0.25) is 5.91 Å². The first-order chi connectivity index (χ1) is 9.47. The third kappa shape index (κ3) is 3.61. The van der Waals surface area contributed by atoms with Gasteiger partial charge in [0, 0.05) is 14.6 Å². The highest BCUT2D eigenvalue weighted by molar-refractivity contribution is 9.10. The number of hydrogen-bond acceptors (Lipinski definition) is 2. The van der Waals surface area contributed by atoms with Crippen molar-refractivity contribution in [3.05, 3.63) is 62.5 Å². The lowest BCUT2D eigenvalue weighted by Crippen LogP contribution is -2.27. The molecule has 0 saturated carbocycles. The lowest BCUT2D eigenvalue weighted by atomic mass is 10.0. The van der Waals surface area contributed by atoms with Crippen LogP contribution in [0.1, 0.15) is 17.2 Å². The van der Waals surface area contributed by atoms with E-state index in [1.165, 1.54) is 0 Å². The maximum Gasteiger partial charge on any atom is 0.244 e. The molecule has 2 rings (SSSR count).